The number of carbonyl (C=O) groups excluding carboxylic acids is 2. The van der Waals surface area contributed by atoms with Crippen molar-refractivity contribution in [3.8, 4) is 5.75 Å². The van der Waals surface area contributed by atoms with Gasteiger partial charge in [0.05, 0.1) is 5.69 Å². The molecule has 0 atom stereocenters. The summed E-state index contributed by atoms with van der Waals surface area (Å²) in [5.41, 5.74) is 3.53. The summed E-state index contributed by atoms with van der Waals surface area (Å²) >= 11 is 0. The van der Waals surface area contributed by atoms with Crippen molar-refractivity contribution >= 4 is 23.2 Å². The minimum atomic E-state index is -0.224. The van der Waals surface area contributed by atoms with Crippen molar-refractivity contribution in [2.45, 2.75) is 20.3 Å². The fourth-order valence-electron chi connectivity index (χ4n) is 2.77. The molecule has 0 bridgehead atoms. The lowest BCUT2D eigenvalue weighted by molar-refractivity contribution is -0.123. The van der Waals surface area contributed by atoms with E-state index >= 15 is 0 Å². The van der Waals surface area contributed by atoms with Crippen molar-refractivity contribution in [3.63, 3.8) is 0 Å². The van der Waals surface area contributed by atoms with Gasteiger partial charge in [-0.05, 0) is 42.7 Å². The summed E-state index contributed by atoms with van der Waals surface area (Å²) in [5.74, 6) is 0.194. The molecule has 0 fully saturated rings. The van der Waals surface area contributed by atoms with E-state index in [1.54, 1.807) is 0 Å². The molecule has 0 aliphatic carbocycles. The first kappa shape index (κ1) is 16.1. The lowest BCUT2D eigenvalue weighted by atomic mass is 10.1. The number of benzene rings is 2. The average Bonchev–Trinajstić information content (AvgIpc) is 2.58. The third-order valence-corrected chi connectivity index (χ3v) is 4.03. The topological polar surface area (TPSA) is 58.6 Å². The number of rotatable bonds is 4. The molecule has 0 saturated heterocycles. The number of fused-ring (bicyclic) bond motifs is 1. The van der Waals surface area contributed by atoms with Gasteiger partial charge in [0.15, 0.2) is 6.61 Å². The Labute approximate surface area is 141 Å². The van der Waals surface area contributed by atoms with Gasteiger partial charge in [0.2, 0.25) is 5.91 Å². The maximum Gasteiger partial charge on any atom is 0.265 e. The molecular formula is C19H20N2O3. The third-order valence-electron chi connectivity index (χ3n) is 4.03. The number of hydrogen-bond donors (Lipinski definition) is 1. The molecule has 24 heavy (non-hydrogen) atoms. The van der Waals surface area contributed by atoms with E-state index in [1.807, 2.05) is 56.3 Å². The van der Waals surface area contributed by atoms with Gasteiger partial charge in [0, 0.05) is 5.69 Å². The van der Waals surface area contributed by atoms with Crippen LogP contribution in [0.2, 0.25) is 0 Å². The molecular weight excluding hydrogens is 304 g/mol. The number of nitrogens with one attached hydrogen (secondary N) is 1. The van der Waals surface area contributed by atoms with E-state index in [9.17, 15) is 9.59 Å². The van der Waals surface area contributed by atoms with Crippen molar-refractivity contribution < 1.29 is 14.3 Å². The van der Waals surface area contributed by atoms with Gasteiger partial charge in [0.25, 0.3) is 5.91 Å². The second-order valence-corrected chi connectivity index (χ2v) is 5.80. The fraction of sp³-hybridized carbons (Fsp3) is 0.263. The molecule has 1 heterocycles. The highest BCUT2D eigenvalue weighted by molar-refractivity contribution is 6.05. The standard InChI is InChI=1S/C19H20N2O3/c1-3-14-6-4-5-7-15(14)20-18(22)11-21-16-9-8-13(2)10-17(16)24-12-19(21)23/h4-10H,3,11-12H2,1-2H3,(H,20,22). The molecule has 2 aromatic rings. The summed E-state index contributed by atoms with van der Waals surface area (Å²) in [5, 5.41) is 2.90. The lowest BCUT2D eigenvalue weighted by Gasteiger charge is -2.29. The molecule has 0 aromatic heterocycles. The molecule has 2 amide bonds. The van der Waals surface area contributed by atoms with E-state index in [4.69, 9.17) is 4.74 Å². The van der Waals surface area contributed by atoms with Gasteiger partial charge in [-0.2, -0.15) is 0 Å². The van der Waals surface area contributed by atoms with Crippen LogP contribution in [0, 0.1) is 6.92 Å². The molecule has 3 rings (SSSR count). The van der Waals surface area contributed by atoms with E-state index in [0.29, 0.717) is 11.4 Å². The summed E-state index contributed by atoms with van der Waals surface area (Å²) in [6, 6.07) is 13.3. The maximum atomic E-state index is 12.4. The van der Waals surface area contributed by atoms with E-state index in [-0.39, 0.29) is 25.0 Å². The van der Waals surface area contributed by atoms with Crippen LogP contribution in [0.25, 0.3) is 0 Å². The van der Waals surface area contributed by atoms with Crippen molar-refractivity contribution in [3.05, 3.63) is 53.6 Å². The minimum absolute atomic E-state index is 0.0314. The predicted octanol–water partition coefficient (Wildman–Crippen LogP) is 2.92. The molecule has 0 unspecified atom stereocenters. The zero-order chi connectivity index (χ0) is 17.1. The number of nitrogens with zero attached hydrogens (tertiary/aromatic N) is 1. The summed E-state index contributed by atoms with van der Waals surface area (Å²) < 4.78 is 5.46. The smallest absolute Gasteiger partial charge is 0.265 e. The number of para-hydroxylation sites is 1. The van der Waals surface area contributed by atoms with E-state index in [0.717, 1.165) is 23.2 Å². The van der Waals surface area contributed by atoms with Crippen LogP contribution in [0.5, 0.6) is 5.75 Å². The van der Waals surface area contributed by atoms with Crippen LogP contribution < -0.4 is 15.0 Å². The van der Waals surface area contributed by atoms with Crippen LogP contribution in [0.15, 0.2) is 42.5 Å². The van der Waals surface area contributed by atoms with Crippen LogP contribution in [0.3, 0.4) is 0 Å². The van der Waals surface area contributed by atoms with Crippen molar-refractivity contribution in [2.75, 3.05) is 23.4 Å². The van der Waals surface area contributed by atoms with Gasteiger partial charge < -0.3 is 10.1 Å². The zero-order valence-corrected chi connectivity index (χ0v) is 13.8. The van der Waals surface area contributed by atoms with Crippen LogP contribution in [0.4, 0.5) is 11.4 Å². The van der Waals surface area contributed by atoms with Gasteiger partial charge in [0.1, 0.15) is 12.3 Å². The molecule has 124 valence electrons. The Bertz CT molecular complexity index is 786. The van der Waals surface area contributed by atoms with Gasteiger partial charge in [-0.1, -0.05) is 31.2 Å². The van der Waals surface area contributed by atoms with Gasteiger partial charge in [-0.3, -0.25) is 14.5 Å². The first-order chi connectivity index (χ1) is 11.6. The molecule has 1 aliphatic heterocycles. The monoisotopic (exact) mass is 324 g/mol. The molecule has 1 N–H and O–H groups in total. The average molecular weight is 324 g/mol. The van der Waals surface area contributed by atoms with E-state index in [1.165, 1.54) is 4.90 Å². The van der Waals surface area contributed by atoms with Crippen LogP contribution in [0.1, 0.15) is 18.1 Å². The quantitative estimate of drug-likeness (QED) is 0.941. The third kappa shape index (κ3) is 3.25. The lowest BCUT2D eigenvalue weighted by Crippen LogP contribution is -2.43. The minimum Gasteiger partial charge on any atom is -0.482 e. The molecule has 2 aromatic carbocycles. The summed E-state index contributed by atoms with van der Waals surface area (Å²) in [6.45, 7) is 3.92. The van der Waals surface area contributed by atoms with Gasteiger partial charge >= 0.3 is 0 Å². The number of ether oxygens (including phenoxy) is 1. The number of anilines is 2. The van der Waals surface area contributed by atoms with Crippen molar-refractivity contribution in [1.29, 1.82) is 0 Å². The number of amides is 2. The van der Waals surface area contributed by atoms with Gasteiger partial charge in [-0.15, -0.1) is 0 Å². The Morgan fingerprint density at radius 2 is 2.04 bits per heavy atom. The Morgan fingerprint density at radius 1 is 1.25 bits per heavy atom. The highest BCUT2D eigenvalue weighted by Gasteiger charge is 2.27. The predicted molar refractivity (Wildman–Crippen MR) is 93.5 cm³/mol. The highest BCUT2D eigenvalue weighted by Crippen LogP contribution is 2.32. The molecule has 0 spiro atoms. The van der Waals surface area contributed by atoms with Crippen LogP contribution in [-0.4, -0.2) is 25.0 Å². The number of carbonyl (C=O) groups is 2. The normalized spacial score (nSPS) is 13.2. The first-order valence-electron chi connectivity index (χ1n) is 8.00. The molecule has 0 radical (unpaired) electrons. The second-order valence-electron chi connectivity index (χ2n) is 5.80. The first-order valence-corrected chi connectivity index (χ1v) is 8.00. The highest BCUT2D eigenvalue weighted by atomic mass is 16.5. The number of hydrogen-bond acceptors (Lipinski definition) is 3. The Morgan fingerprint density at radius 3 is 2.83 bits per heavy atom. The van der Waals surface area contributed by atoms with E-state index in [2.05, 4.69) is 5.32 Å². The van der Waals surface area contributed by atoms with Crippen molar-refractivity contribution in [1.82, 2.24) is 0 Å². The van der Waals surface area contributed by atoms with Gasteiger partial charge in [-0.25, -0.2) is 0 Å². The molecule has 5 heteroatoms. The van der Waals surface area contributed by atoms with Crippen LogP contribution >= 0.6 is 0 Å². The molecule has 5 nitrogen and oxygen atoms in total. The van der Waals surface area contributed by atoms with Crippen LogP contribution in [-0.2, 0) is 16.0 Å². The largest absolute Gasteiger partial charge is 0.482 e. The Balaban J connectivity index is 1.78. The SMILES string of the molecule is CCc1ccccc1NC(=O)CN1C(=O)COc2cc(C)ccc21. The maximum absolute atomic E-state index is 12.4. The van der Waals surface area contributed by atoms with Crippen molar-refractivity contribution in [2.24, 2.45) is 0 Å². The Hall–Kier alpha value is -2.82. The summed E-state index contributed by atoms with van der Waals surface area (Å²) in [6.07, 6.45) is 0.828. The molecule has 0 saturated carbocycles. The molecule has 1 aliphatic rings. The Kier molecular flexibility index (Phi) is 4.51. The zero-order valence-electron chi connectivity index (χ0n) is 13.8. The second kappa shape index (κ2) is 6.74. The van der Waals surface area contributed by atoms with E-state index < -0.39 is 0 Å². The number of aryl methyl sites for hydroxylation is 2. The summed E-state index contributed by atoms with van der Waals surface area (Å²) in [7, 11) is 0. The summed E-state index contributed by atoms with van der Waals surface area (Å²) in [4.78, 5) is 26.1. The fourth-order valence-corrected chi connectivity index (χ4v) is 2.77.